The van der Waals surface area contributed by atoms with E-state index < -0.39 is 21.2 Å². The maximum atomic E-state index is 11.0. The summed E-state index contributed by atoms with van der Waals surface area (Å²) in [5.74, 6) is 0. The quantitative estimate of drug-likeness (QED) is 0.418. The Morgan fingerprint density at radius 3 is 2.36 bits per heavy atom. The lowest BCUT2D eigenvalue weighted by atomic mass is 10.3. The van der Waals surface area contributed by atoms with E-state index in [-0.39, 0.29) is 5.71 Å². The molecule has 0 aromatic carbocycles. The fourth-order valence-electron chi connectivity index (χ4n) is 0.543. The van der Waals surface area contributed by atoms with Gasteiger partial charge in [-0.3, -0.25) is 4.84 Å². The molecule has 0 fully saturated rings. The van der Waals surface area contributed by atoms with Crippen LogP contribution in [-0.4, -0.2) is 38.8 Å². The molecule has 0 aliphatic rings. The van der Waals surface area contributed by atoms with E-state index in [1.165, 1.54) is 20.9 Å². The van der Waals surface area contributed by atoms with E-state index in [0.717, 1.165) is 6.26 Å². The number of nitrogens with one attached hydrogen (secondary N) is 1. The summed E-state index contributed by atoms with van der Waals surface area (Å²) in [6.07, 6.45) is 0.362. The minimum Gasteiger partial charge on any atom is -0.323 e. The predicted octanol–water partition coefficient (Wildman–Crippen LogP) is 0.151. The van der Waals surface area contributed by atoms with Crippen LogP contribution in [-0.2, 0) is 14.7 Å². The fourth-order valence-corrected chi connectivity index (χ4v) is 1.21. The third kappa shape index (κ3) is 4.22. The number of amides is 1. The van der Waals surface area contributed by atoms with Crippen LogP contribution in [0.25, 0.3) is 0 Å². The van der Waals surface area contributed by atoms with Crippen LogP contribution in [0.15, 0.2) is 5.16 Å². The number of hydrogen-bond acceptors (Lipinski definition) is 5. The van der Waals surface area contributed by atoms with Crippen LogP contribution in [0.4, 0.5) is 4.79 Å². The Balaban J connectivity index is 4.47. The van der Waals surface area contributed by atoms with Crippen molar-refractivity contribution in [2.24, 2.45) is 5.16 Å². The van der Waals surface area contributed by atoms with E-state index in [4.69, 9.17) is 0 Å². The highest BCUT2D eigenvalue weighted by molar-refractivity contribution is 7.92. The van der Waals surface area contributed by atoms with Gasteiger partial charge in [0.25, 0.3) is 0 Å². The van der Waals surface area contributed by atoms with Crippen molar-refractivity contribution in [2.45, 2.75) is 19.1 Å². The molecular weight excluding hydrogens is 208 g/mol. The normalized spacial score (nSPS) is 14.7. The average molecular weight is 222 g/mol. The third-order valence-corrected chi connectivity index (χ3v) is 3.33. The topological polar surface area (TPSA) is 84.8 Å². The molecule has 0 saturated heterocycles. The molecule has 6 nitrogen and oxygen atoms in total. The van der Waals surface area contributed by atoms with E-state index >= 15 is 0 Å². The van der Waals surface area contributed by atoms with Crippen LogP contribution >= 0.6 is 0 Å². The van der Waals surface area contributed by atoms with E-state index in [1.807, 2.05) is 0 Å². The summed E-state index contributed by atoms with van der Waals surface area (Å²) < 4.78 is 22.1. The summed E-state index contributed by atoms with van der Waals surface area (Å²) in [5, 5.41) is 4.81. The van der Waals surface area contributed by atoms with Gasteiger partial charge in [0.15, 0.2) is 9.84 Å². The standard InChI is InChI=1S/C7H14N2O4S/c1-5(6(2)14(4,11)12)9-13-7(10)8-3/h6H,1-4H3,(H,8,10). The molecule has 0 aromatic heterocycles. The van der Waals surface area contributed by atoms with Crippen LogP contribution in [0, 0.1) is 0 Å². The van der Waals surface area contributed by atoms with Crippen molar-refractivity contribution in [3.8, 4) is 0 Å². The number of nitrogens with zero attached hydrogens (tertiary/aromatic N) is 1. The summed E-state index contributed by atoms with van der Waals surface area (Å²) in [4.78, 5) is 14.9. The van der Waals surface area contributed by atoms with Crippen LogP contribution < -0.4 is 5.32 Å². The number of hydrogen-bond donors (Lipinski definition) is 1. The van der Waals surface area contributed by atoms with Crippen LogP contribution in [0.2, 0.25) is 0 Å². The maximum absolute atomic E-state index is 11.0. The van der Waals surface area contributed by atoms with Crippen LogP contribution in [0.3, 0.4) is 0 Å². The molecule has 0 aromatic rings. The molecular formula is C7H14N2O4S. The lowest BCUT2D eigenvalue weighted by Gasteiger charge is -2.07. The first-order valence-corrected chi connectivity index (χ1v) is 5.86. The van der Waals surface area contributed by atoms with Gasteiger partial charge in [0.1, 0.15) is 0 Å². The first-order chi connectivity index (χ1) is 6.29. The lowest BCUT2D eigenvalue weighted by molar-refractivity contribution is 0.153. The van der Waals surface area contributed by atoms with Gasteiger partial charge in [0, 0.05) is 13.3 Å². The summed E-state index contributed by atoms with van der Waals surface area (Å²) >= 11 is 0. The summed E-state index contributed by atoms with van der Waals surface area (Å²) in [7, 11) is -1.82. The van der Waals surface area contributed by atoms with Gasteiger partial charge in [-0.15, -0.1) is 0 Å². The van der Waals surface area contributed by atoms with Crippen molar-refractivity contribution < 1.29 is 18.0 Å². The van der Waals surface area contributed by atoms with Crippen LogP contribution in [0.5, 0.6) is 0 Å². The zero-order chi connectivity index (χ0) is 11.4. The predicted molar refractivity (Wildman–Crippen MR) is 53.0 cm³/mol. The van der Waals surface area contributed by atoms with Gasteiger partial charge in [0.05, 0.1) is 11.0 Å². The van der Waals surface area contributed by atoms with Gasteiger partial charge >= 0.3 is 6.09 Å². The average Bonchev–Trinajstić information content (AvgIpc) is 2.10. The minimum atomic E-state index is -3.20. The number of carbonyl (C=O) groups is 1. The highest BCUT2D eigenvalue weighted by Crippen LogP contribution is 2.01. The monoisotopic (exact) mass is 222 g/mol. The van der Waals surface area contributed by atoms with Crippen LogP contribution in [0.1, 0.15) is 13.8 Å². The van der Waals surface area contributed by atoms with Crippen molar-refractivity contribution in [2.75, 3.05) is 13.3 Å². The van der Waals surface area contributed by atoms with Gasteiger partial charge in [0.2, 0.25) is 0 Å². The fraction of sp³-hybridized carbons (Fsp3) is 0.714. The van der Waals surface area contributed by atoms with Crippen molar-refractivity contribution in [3.63, 3.8) is 0 Å². The molecule has 0 heterocycles. The first-order valence-electron chi connectivity index (χ1n) is 3.91. The molecule has 1 N–H and O–H groups in total. The van der Waals surface area contributed by atoms with E-state index in [9.17, 15) is 13.2 Å². The van der Waals surface area contributed by atoms with Crippen molar-refractivity contribution in [1.29, 1.82) is 0 Å². The summed E-state index contributed by atoms with van der Waals surface area (Å²) in [5.41, 5.74) is 0.233. The molecule has 0 spiro atoms. The first kappa shape index (κ1) is 12.9. The number of oxime groups is 1. The molecule has 1 atom stereocenters. The number of sulfone groups is 1. The second-order valence-electron chi connectivity index (χ2n) is 2.83. The highest BCUT2D eigenvalue weighted by Gasteiger charge is 2.18. The summed E-state index contributed by atoms with van der Waals surface area (Å²) in [6.45, 7) is 2.95. The zero-order valence-electron chi connectivity index (χ0n) is 8.57. The summed E-state index contributed by atoms with van der Waals surface area (Å²) in [6, 6.07) is 0. The van der Waals surface area contributed by atoms with Gasteiger partial charge in [-0.05, 0) is 13.8 Å². The molecule has 0 rings (SSSR count). The molecule has 1 unspecified atom stereocenters. The third-order valence-electron chi connectivity index (χ3n) is 1.71. The number of carbonyl (C=O) groups excluding carboxylic acids is 1. The zero-order valence-corrected chi connectivity index (χ0v) is 9.38. The molecule has 14 heavy (non-hydrogen) atoms. The second kappa shape index (κ2) is 4.94. The van der Waals surface area contributed by atoms with E-state index in [2.05, 4.69) is 15.3 Å². The molecule has 0 aliphatic carbocycles. The van der Waals surface area contributed by atoms with Crippen molar-refractivity contribution in [3.05, 3.63) is 0 Å². The largest absolute Gasteiger partial charge is 0.433 e. The highest BCUT2D eigenvalue weighted by atomic mass is 32.2. The second-order valence-corrected chi connectivity index (χ2v) is 5.20. The van der Waals surface area contributed by atoms with Gasteiger partial charge in [-0.25, -0.2) is 13.2 Å². The van der Waals surface area contributed by atoms with Gasteiger partial charge in [-0.2, -0.15) is 0 Å². The van der Waals surface area contributed by atoms with Crippen molar-refractivity contribution in [1.82, 2.24) is 5.32 Å². The molecule has 1 amide bonds. The molecule has 0 bridgehead atoms. The Morgan fingerprint density at radius 2 is 2.00 bits per heavy atom. The SMILES string of the molecule is CNC(=O)ON=C(C)C(C)S(C)(=O)=O. The molecule has 7 heteroatoms. The van der Waals surface area contributed by atoms with Gasteiger partial charge in [-0.1, -0.05) is 5.16 Å². The van der Waals surface area contributed by atoms with Crippen molar-refractivity contribution >= 4 is 21.6 Å². The molecule has 0 radical (unpaired) electrons. The number of rotatable bonds is 3. The maximum Gasteiger partial charge on any atom is 0.433 e. The molecule has 0 aliphatic heterocycles. The smallest absolute Gasteiger partial charge is 0.323 e. The minimum absolute atomic E-state index is 0.233. The molecule has 82 valence electrons. The Morgan fingerprint density at radius 1 is 1.50 bits per heavy atom. The lowest BCUT2D eigenvalue weighted by Crippen LogP contribution is -2.25. The Bertz CT molecular complexity index is 334. The van der Waals surface area contributed by atoms with Gasteiger partial charge < -0.3 is 5.32 Å². The molecule has 0 saturated carbocycles. The van der Waals surface area contributed by atoms with E-state index in [1.54, 1.807) is 0 Å². The van der Waals surface area contributed by atoms with E-state index in [0.29, 0.717) is 0 Å². The Hall–Kier alpha value is -1.11. The Labute approximate surface area is 83.2 Å². The Kier molecular flexibility index (Phi) is 4.55.